The van der Waals surface area contributed by atoms with Crippen LogP contribution in [0.1, 0.15) is 17.0 Å². The van der Waals surface area contributed by atoms with Crippen LogP contribution in [0.3, 0.4) is 0 Å². The Morgan fingerprint density at radius 2 is 2.28 bits per heavy atom. The van der Waals surface area contributed by atoms with Crippen LogP contribution in [0.2, 0.25) is 0 Å². The number of aromatic nitrogens is 1. The molecular weight excluding hydrogens is 253 g/mol. The van der Waals surface area contributed by atoms with E-state index < -0.39 is 5.97 Å². The molecule has 0 unspecified atom stereocenters. The summed E-state index contributed by atoms with van der Waals surface area (Å²) >= 11 is 1.45. The van der Waals surface area contributed by atoms with Gasteiger partial charge in [-0.1, -0.05) is 6.07 Å². The largest absolute Gasteiger partial charge is 0.481 e. The first kappa shape index (κ1) is 12.7. The molecule has 0 saturated carbocycles. The lowest BCUT2D eigenvalue weighted by atomic mass is 10.1. The third-order valence-corrected chi connectivity index (χ3v) is 3.65. The molecule has 0 aliphatic heterocycles. The van der Waals surface area contributed by atoms with Crippen molar-refractivity contribution in [3.05, 3.63) is 40.8 Å². The number of hydrogen-bond donors (Lipinski definition) is 1. The summed E-state index contributed by atoms with van der Waals surface area (Å²) in [7, 11) is 0. The van der Waals surface area contributed by atoms with Crippen molar-refractivity contribution in [1.29, 1.82) is 0 Å². The van der Waals surface area contributed by atoms with E-state index in [1.807, 2.05) is 0 Å². The molecule has 0 atom stereocenters. The van der Waals surface area contributed by atoms with Gasteiger partial charge in [-0.3, -0.25) is 4.79 Å². The van der Waals surface area contributed by atoms with Crippen LogP contribution in [0.15, 0.2) is 24.4 Å². The molecular formula is C13H12FNO2S. The minimum Gasteiger partial charge on any atom is -0.481 e. The number of aryl methyl sites for hydroxylation is 2. The van der Waals surface area contributed by atoms with E-state index in [0.29, 0.717) is 12.0 Å². The van der Waals surface area contributed by atoms with Gasteiger partial charge in [0.05, 0.1) is 16.3 Å². The molecule has 0 aliphatic carbocycles. The van der Waals surface area contributed by atoms with E-state index in [1.165, 1.54) is 17.4 Å². The van der Waals surface area contributed by atoms with Crippen molar-refractivity contribution in [3.63, 3.8) is 0 Å². The highest BCUT2D eigenvalue weighted by Gasteiger charge is 2.07. The first-order valence-electron chi connectivity index (χ1n) is 5.49. The molecule has 2 rings (SSSR count). The second kappa shape index (κ2) is 5.27. The minimum absolute atomic E-state index is 0.0788. The predicted octanol–water partition coefficient (Wildman–Crippen LogP) is 3.27. The molecule has 0 spiro atoms. The number of thiazole rings is 1. The second-order valence-corrected chi connectivity index (χ2v) is 5.09. The zero-order chi connectivity index (χ0) is 13.1. The molecule has 1 heterocycles. The second-order valence-electron chi connectivity index (χ2n) is 3.98. The molecule has 94 valence electrons. The Morgan fingerprint density at radius 1 is 1.50 bits per heavy atom. The van der Waals surface area contributed by atoms with Gasteiger partial charge < -0.3 is 5.11 Å². The van der Waals surface area contributed by atoms with Crippen LogP contribution in [-0.4, -0.2) is 16.1 Å². The van der Waals surface area contributed by atoms with Gasteiger partial charge in [0.25, 0.3) is 0 Å². The lowest BCUT2D eigenvalue weighted by Crippen LogP contribution is -1.96. The number of rotatable bonds is 4. The SMILES string of the molecule is Cc1cc(-c2cnc(CCC(=O)O)s2)ccc1F. The Bertz CT molecular complexity index is 580. The lowest BCUT2D eigenvalue weighted by Gasteiger charge is -1.99. The maximum atomic E-state index is 13.2. The van der Waals surface area contributed by atoms with E-state index in [1.54, 1.807) is 25.3 Å². The monoisotopic (exact) mass is 265 g/mol. The van der Waals surface area contributed by atoms with Crippen LogP contribution in [0, 0.1) is 12.7 Å². The summed E-state index contributed by atoms with van der Waals surface area (Å²) in [4.78, 5) is 15.6. The highest BCUT2D eigenvalue weighted by molar-refractivity contribution is 7.15. The van der Waals surface area contributed by atoms with E-state index in [9.17, 15) is 9.18 Å². The average Bonchev–Trinajstić information content (AvgIpc) is 2.79. The van der Waals surface area contributed by atoms with Crippen molar-refractivity contribution in [2.45, 2.75) is 19.8 Å². The Balaban J connectivity index is 2.18. The number of halogens is 1. The molecule has 1 aromatic heterocycles. The third-order valence-electron chi connectivity index (χ3n) is 2.55. The number of carboxylic acids is 1. The van der Waals surface area contributed by atoms with Crippen LogP contribution in [0.5, 0.6) is 0 Å². The number of carbonyl (C=O) groups is 1. The van der Waals surface area contributed by atoms with Gasteiger partial charge in [-0.25, -0.2) is 9.37 Å². The Kier molecular flexibility index (Phi) is 3.72. The maximum absolute atomic E-state index is 13.2. The molecule has 2 aromatic rings. The fraction of sp³-hybridized carbons (Fsp3) is 0.231. The van der Waals surface area contributed by atoms with Gasteiger partial charge in [0.1, 0.15) is 5.82 Å². The first-order chi connectivity index (χ1) is 8.56. The number of hydrogen-bond acceptors (Lipinski definition) is 3. The van der Waals surface area contributed by atoms with E-state index >= 15 is 0 Å². The third kappa shape index (κ3) is 2.92. The standard InChI is InChI=1S/C13H12FNO2S/c1-8-6-9(2-3-10(8)14)11-7-15-12(18-11)4-5-13(16)17/h2-3,6-7H,4-5H2,1H3,(H,16,17). The van der Waals surface area contributed by atoms with Crippen LogP contribution in [0.25, 0.3) is 10.4 Å². The fourth-order valence-electron chi connectivity index (χ4n) is 1.57. The van der Waals surface area contributed by atoms with Crippen LogP contribution in [0.4, 0.5) is 4.39 Å². The fourth-order valence-corrected chi connectivity index (χ4v) is 2.48. The van der Waals surface area contributed by atoms with Gasteiger partial charge in [0.15, 0.2) is 0 Å². The van der Waals surface area contributed by atoms with Gasteiger partial charge in [0.2, 0.25) is 0 Å². The van der Waals surface area contributed by atoms with E-state index in [4.69, 9.17) is 5.11 Å². The molecule has 3 nitrogen and oxygen atoms in total. The summed E-state index contributed by atoms with van der Waals surface area (Å²) in [6.45, 7) is 1.71. The van der Waals surface area contributed by atoms with Crippen LogP contribution < -0.4 is 0 Å². The summed E-state index contributed by atoms with van der Waals surface area (Å²) in [5, 5.41) is 9.39. The molecule has 1 aromatic carbocycles. The zero-order valence-electron chi connectivity index (χ0n) is 9.81. The molecule has 18 heavy (non-hydrogen) atoms. The Morgan fingerprint density at radius 3 is 2.94 bits per heavy atom. The van der Waals surface area contributed by atoms with Crippen molar-refractivity contribution in [1.82, 2.24) is 4.98 Å². The van der Waals surface area contributed by atoms with Crippen molar-refractivity contribution in [2.75, 3.05) is 0 Å². The average molecular weight is 265 g/mol. The number of aliphatic carboxylic acids is 1. The van der Waals surface area contributed by atoms with E-state index in [0.717, 1.165) is 15.4 Å². The number of nitrogens with zero attached hydrogens (tertiary/aromatic N) is 1. The minimum atomic E-state index is -0.829. The molecule has 0 bridgehead atoms. The smallest absolute Gasteiger partial charge is 0.303 e. The van der Waals surface area contributed by atoms with Crippen LogP contribution in [-0.2, 0) is 11.2 Å². The molecule has 0 saturated heterocycles. The molecule has 1 N–H and O–H groups in total. The van der Waals surface area contributed by atoms with Crippen molar-refractivity contribution >= 4 is 17.3 Å². The van der Waals surface area contributed by atoms with Gasteiger partial charge in [-0.05, 0) is 30.2 Å². The Hall–Kier alpha value is -1.75. The van der Waals surface area contributed by atoms with Crippen molar-refractivity contribution in [2.24, 2.45) is 0 Å². The van der Waals surface area contributed by atoms with Crippen molar-refractivity contribution < 1.29 is 14.3 Å². The normalized spacial score (nSPS) is 10.6. The summed E-state index contributed by atoms with van der Waals surface area (Å²) < 4.78 is 13.2. The van der Waals surface area contributed by atoms with E-state index in [-0.39, 0.29) is 12.2 Å². The van der Waals surface area contributed by atoms with Crippen LogP contribution >= 0.6 is 11.3 Å². The molecule has 5 heteroatoms. The van der Waals surface area contributed by atoms with E-state index in [2.05, 4.69) is 4.98 Å². The number of benzene rings is 1. The van der Waals surface area contributed by atoms with Gasteiger partial charge in [-0.2, -0.15) is 0 Å². The topological polar surface area (TPSA) is 50.2 Å². The molecule has 0 amide bonds. The summed E-state index contributed by atoms with van der Waals surface area (Å²) in [5.74, 6) is -1.06. The zero-order valence-corrected chi connectivity index (χ0v) is 10.6. The van der Waals surface area contributed by atoms with Crippen molar-refractivity contribution in [3.8, 4) is 10.4 Å². The van der Waals surface area contributed by atoms with Gasteiger partial charge in [0, 0.05) is 12.6 Å². The lowest BCUT2D eigenvalue weighted by molar-refractivity contribution is -0.136. The molecule has 0 aliphatic rings. The highest BCUT2D eigenvalue weighted by Crippen LogP contribution is 2.28. The predicted molar refractivity (Wildman–Crippen MR) is 68.2 cm³/mol. The summed E-state index contributed by atoms with van der Waals surface area (Å²) in [6.07, 6.45) is 2.21. The van der Waals surface area contributed by atoms with Gasteiger partial charge in [-0.15, -0.1) is 11.3 Å². The summed E-state index contributed by atoms with van der Waals surface area (Å²) in [5.41, 5.74) is 1.50. The summed E-state index contributed by atoms with van der Waals surface area (Å²) in [6, 6.07) is 4.90. The van der Waals surface area contributed by atoms with Gasteiger partial charge >= 0.3 is 5.97 Å². The number of carboxylic acid groups (broad SMARTS) is 1. The Labute approximate surface area is 108 Å². The molecule has 0 radical (unpaired) electrons. The molecule has 0 fully saturated rings. The first-order valence-corrected chi connectivity index (χ1v) is 6.31. The maximum Gasteiger partial charge on any atom is 0.303 e. The highest BCUT2D eigenvalue weighted by atomic mass is 32.1. The quantitative estimate of drug-likeness (QED) is 0.923.